The summed E-state index contributed by atoms with van der Waals surface area (Å²) >= 11 is 5.21. The second-order valence-electron chi connectivity index (χ2n) is 6.01. The Hall–Kier alpha value is -1.62. The first-order valence-corrected chi connectivity index (χ1v) is 8.76. The number of carbonyl (C=O) groups is 1. The molecule has 2 N–H and O–H groups in total. The van der Waals surface area contributed by atoms with E-state index >= 15 is 0 Å². The minimum absolute atomic E-state index is 0.0424. The Balaban J connectivity index is 2.46. The molecule has 0 aliphatic carbocycles. The molecule has 0 aliphatic rings. The van der Waals surface area contributed by atoms with Crippen LogP contribution in [-0.4, -0.2) is 17.6 Å². The van der Waals surface area contributed by atoms with Gasteiger partial charge < -0.3 is 15.4 Å². The summed E-state index contributed by atoms with van der Waals surface area (Å²) in [6.45, 7) is 6.98. The summed E-state index contributed by atoms with van der Waals surface area (Å²) in [6, 6.07) is 7.59. The van der Waals surface area contributed by atoms with Crippen LogP contribution in [0.1, 0.15) is 52.9 Å². The molecule has 128 valence electrons. The third-order valence-corrected chi connectivity index (χ3v) is 3.42. The van der Waals surface area contributed by atoms with Crippen LogP contribution in [0.3, 0.4) is 0 Å². The summed E-state index contributed by atoms with van der Waals surface area (Å²) in [6.07, 6.45) is 4.81. The predicted molar refractivity (Wildman–Crippen MR) is 99.9 cm³/mol. The normalized spacial score (nSPS) is 10.4. The van der Waals surface area contributed by atoms with Crippen LogP contribution in [-0.2, 0) is 4.79 Å². The number of ether oxygens (including phenoxy) is 1. The standard InChI is InChI=1S/C18H28N2O2S/c1-4-5-6-7-12-17(21)20-18(23)19-15-10-8-9-11-16(15)22-13-14(2)3/h8-11,14H,4-7,12-13H2,1-3H3,(H2,19,20,21,23). The van der Waals surface area contributed by atoms with Crippen LogP contribution in [0.5, 0.6) is 5.75 Å². The van der Waals surface area contributed by atoms with Crippen LogP contribution in [0.15, 0.2) is 24.3 Å². The van der Waals surface area contributed by atoms with E-state index in [9.17, 15) is 4.79 Å². The number of para-hydroxylation sites is 2. The van der Waals surface area contributed by atoms with Gasteiger partial charge in [-0.05, 0) is 36.7 Å². The van der Waals surface area contributed by atoms with Gasteiger partial charge in [0.25, 0.3) is 0 Å². The third kappa shape index (κ3) is 8.55. The Kier molecular flexibility index (Phi) is 9.29. The number of benzene rings is 1. The average Bonchev–Trinajstić information content (AvgIpc) is 2.50. The first-order chi connectivity index (χ1) is 11.0. The lowest BCUT2D eigenvalue weighted by atomic mass is 10.1. The van der Waals surface area contributed by atoms with Crippen molar-refractivity contribution in [2.45, 2.75) is 52.9 Å². The van der Waals surface area contributed by atoms with E-state index < -0.39 is 0 Å². The Morgan fingerprint density at radius 1 is 1.22 bits per heavy atom. The minimum atomic E-state index is -0.0424. The van der Waals surface area contributed by atoms with Gasteiger partial charge in [-0.1, -0.05) is 52.2 Å². The van der Waals surface area contributed by atoms with Crippen molar-refractivity contribution in [1.29, 1.82) is 0 Å². The van der Waals surface area contributed by atoms with E-state index in [1.165, 1.54) is 0 Å². The Labute approximate surface area is 145 Å². The Bertz CT molecular complexity index is 504. The SMILES string of the molecule is CCCCCCC(=O)NC(=S)Nc1ccccc1OCC(C)C. The molecule has 1 aromatic carbocycles. The molecule has 0 fully saturated rings. The highest BCUT2D eigenvalue weighted by Gasteiger charge is 2.08. The van der Waals surface area contributed by atoms with Crippen LogP contribution in [0.4, 0.5) is 5.69 Å². The number of anilines is 1. The van der Waals surface area contributed by atoms with Gasteiger partial charge in [0, 0.05) is 6.42 Å². The molecule has 0 saturated heterocycles. The molecule has 4 nitrogen and oxygen atoms in total. The second kappa shape index (κ2) is 11.0. The van der Waals surface area contributed by atoms with Gasteiger partial charge in [0.1, 0.15) is 5.75 Å². The van der Waals surface area contributed by atoms with Crippen molar-refractivity contribution >= 4 is 28.9 Å². The van der Waals surface area contributed by atoms with Gasteiger partial charge in [0.2, 0.25) is 5.91 Å². The maximum Gasteiger partial charge on any atom is 0.226 e. The molecule has 0 bridgehead atoms. The van der Waals surface area contributed by atoms with Gasteiger partial charge in [0.05, 0.1) is 12.3 Å². The average molecular weight is 337 g/mol. The molecule has 5 heteroatoms. The molecular formula is C18H28N2O2S. The molecule has 0 atom stereocenters. The van der Waals surface area contributed by atoms with E-state index in [4.69, 9.17) is 17.0 Å². The molecule has 0 radical (unpaired) electrons. The van der Waals surface area contributed by atoms with Gasteiger partial charge in [-0.15, -0.1) is 0 Å². The summed E-state index contributed by atoms with van der Waals surface area (Å²) in [4.78, 5) is 11.8. The fraction of sp³-hybridized carbons (Fsp3) is 0.556. The van der Waals surface area contributed by atoms with E-state index in [0.29, 0.717) is 24.1 Å². The molecule has 1 aromatic rings. The van der Waals surface area contributed by atoms with Gasteiger partial charge in [-0.2, -0.15) is 0 Å². The maximum atomic E-state index is 11.8. The lowest BCUT2D eigenvalue weighted by Gasteiger charge is -2.15. The van der Waals surface area contributed by atoms with Gasteiger partial charge in [-0.25, -0.2) is 0 Å². The first kappa shape index (κ1) is 19.4. The van der Waals surface area contributed by atoms with Crippen molar-refractivity contribution in [3.8, 4) is 5.75 Å². The quantitative estimate of drug-likeness (QED) is 0.515. The van der Waals surface area contributed by atoms with Crippen LogP contribution in [0.2, 0.25) is 0 Å². The molecular weight excluding hydrogens is 308 g/mol. The number of hydrogen-bond acceptors (Lipinski definition) is 3. The smallest absolute Gasteiger partial charge is 0.226 e. The summed E-state index contributed by atoms with van der Waals surface area (Å²) in [5.74, 6) is 1.14. The summed E-state index contributed by atoms with van der Waals surface area (Å²) in [7, 11) is 0. The Morgan fingerprint density at radius 2 is 1.96 bits per heavy atom. The predicted octanol–water partition coefficient (Wildman–Crippen LogP) is 4.50. The number of amides is 1. The zero-order valence-corrected chi connectivity index (χ0v) is 15.2. The van der Waals surface area contributed by atoms with Crippen molar-refractivity contribution in [3.05, 3.63) is 24.3 Å². The lowest BCUT2D eigenvalue weighted by molar-refractivity contribution is -0.119. The molecule has 0 spiro atoms. The van der Waals surface area contributed by atoms with E-state index in [0.717, 1.165) is 37.1 Å². The lowest BCUT2D eigenvalue weighted by Crippen LogP contribution is -2.34. The van der Waals surface area contributed by atoms with Crippen molar-refractivity contribution < 1.29 is 9.53 Å². The molecule has 0 aliphatic heterocycles. The summed E-state index contributed by atoms with van der Waals surface area (Å²) in [5.41, 5.74) is 0.768. The fourth-order valence-electron chi connectivity index (χ4n) is 2.01. The highest BCUT2D eigenvalue weighted by molar-refractivity contribution is 7.80. The molecule has 0 saturated carbocycles. The van der Waals surface area contributed by atoms with Gasteiger partial charge >= 0.3 is 0 Å². The summed E-state index contributed by atoms with van der Waals surface area (Å²) < 4.78 is 5.76. The zero-order valence-electron chi connectivity index (χ0n) is 14.4. The number of rotatable bonds is 9. The van der Waals surface area contributed by atoms with E-state index in [1.54, 1.807) is 0 Å². The molecule has 1 amide bonds. The van der Waals surface area contributed by atoms with E-state index in [2.05, 4.69) is 31.4 Å². The number of thiocarbonyl (C=S) groups is 1. The zero-order chi connectivity index (χ0) is 17.1. The summed E-state index contributed by atoms with van der Waals surface area (Å²) in [5, 5.41) is 6.08. The van der Waals surface area contributed by atoms with Crippen LogP contribution in [0.25, 0.3) is 0 Å². The highest BCUT2D eigenvalue weighted by Crippen LogP contribution is 2.24. The molecule has 0 heterocycles. The van der Waals surface area contributed by atoms with E-state index in [1.807, 2.05) is 24.3 Å². The number of hydrogen-bond donors (Lipinski definition) is 2. The minimum Gasteiger partial charge on any atom is -0.491 e. The van der Waals surface area contributed by atoms with Gasteiger partial charge in [0.15, 0.2) is 5.11 Å². The maximum absolute atomic E-state index is 11.8. The van der Waals surface area contributed by atoms with Crippen molar-refractivity contribution in [1.82, 2.24) is 5.32 Å². The molecule has 0 aromatic heterocycles. The number of carbonyl (C=O) groups excluding carboxylic acids is 1. The Morgan fingerprint density at radius 3 is 2.65 bits per heavy atom. The van der Waals surface area contributed by atoms with Gasteiger partial charge in [-0.3, -0.25) is 4.79 Å². The molecule has 1 rings (SSSR count). The third-order valence-electron chi connectivity index (χ3n) is 3.22. The van der Waals surface area contributed by atoms with Crippen molar-refractivity contribution in [3.63, 3.8) is 0 Å². The largest absolute Gasteiger partial charge is 0.491 e. The topological polar surface area (TPSA) is 50.4 Å². The highest BCUT2D eigenvalue weighted by atomic mass is 32.1. The van der Waals surface area contributed by atoms with Crippen molar-refractivity contribution in [2.75, 3.05) is 11.9 Å². The number of unbranched alkanes of at least 4 members (excludes halogenated alkanes) is 3. The second-order valence-corrected chi connectivity index (χ2v) is 6.42. The van der Waals surface area contributed by atoms with E-state index in [-0.39, 0.29) is 5.91 Å². The molecule has 23 heavy (non-hydrogen) atoms. The number of nitrogens with one attached hydrogen (secondary N) is 2. The monoisotopic (exact) mass is 336 g/mol. The van der Waals surface area contributed by atoms with Crippen LogP contribution in [0, 0.1) is 5.92 Å². The van der Waals surface area contributed by atoms with Crippen LogP contribution < -0.4 is 15.4 Å². The fourth-order valence-corrected chi connectivity index (χ4v) is 2.23. The van der Waals surface area contributed by atoms with Crippen LogP contribution >= 0.6 is 12.2 Å². The van der Waals surface area contributed by atoms with Crippen molar-refractivity contribution in [2.24, 2.45) is 5.92 Å². The molecule has 0 unspecified atom stereocenters. The first-order valence-electron chi connectivity index (χ1n) is 8.35.